The van der Waals surface area contributed by atoms with Gasteiger partial charge in [0.15, 0.2) is 0 Å². The topological polar surface area (TPSA) is 41.5 Å². The van der Waals surface area contributed by atoms with Crippen LogP contribution in [-0.2, 0) is 4.79 Å². The van der Waals surface area contributed by atoms with Gasteiger partial charge < -0.3 is 0 Å². The number of rotatable bonds is 12. The number of carbonyl (C=O) groups excluding carboxylic acids is 1. The number of nitrogens with one attached hydrogen (secondary N) is 1. The number of benzene rings is 1. The molecule has 0 unspecified atom stereocenters. The first-order chi connectivity index (χ1) is 10.8. The molecule has 1 aromatic rings. The third-order valence-electron chi connectivity index (χ3n) is 3.71. The van der Waals surface area contributed by atoms with Crippen LogP contribution in [-0.4, -0.2) is 12.1 Å². The summed E-state index contributed by atoms with van der Waals surface area (Å²) >= 11 is 0. The molecule has 1 N–H and O–H groups in total. The molecular weight excluding hydrogens is 272 g/mol. The first kappa shape index (κ1) is 18.4. The van der Waals surface area contributed by atoms with Gasteiger partial charge in [0.2, 0.25) is 5.91 Å². The van der Waals surface area contributed by atoms with Crippen molar-refractivity contribution in [3.05, 3.63) is 35.9 Å². The van der Waals surface area contributed by atoms with Crippen molar-refractivity contribution in [2.45, 2.75) is 71.1 Å². The number of hydrogen-bond donors (Lipinski definition) is 1. The van der Waals surface area contributed by atoms with Gasteiger partial charge in [0.05, 0.1) is 6.21 Å². The summed E-state index contributed by atoms with van der Waals surface area (Å²) in [6, 6.07) is 9.77. The molecule has 0 atom stereocenters. The van der Waals surface area contributed by atoms with Crippen LogP contribution in [0.4, 0.5) is 0 Å². The van der Waals surface area contributed by atoms with Gasteiger partial charge in [-0.2, -0.15) is 5.10 Å². The molecular formula is C19H30N2O. The Morgan fingerprint density at radius 3 is 2.18 bits per heavy atom. The molecule has 0 aliphatic heterocycles. The smallest absolute Gasteiger partial charge is 0.240 e. The Morgan fingerprint density at radius 2 is 1.55 bits per heavy atom. The first-order valence-corrected chi connectivity index (χ1v) is 8.70. The summed E-state index contributed by atoms with van der Waals surface area (Å²) in [5.41, 5.74) is 3.58. The molecule has 1 rings (SSSR count). The van der Waals surface area contributed by atoms with Gasteiger partial charge in [-0.3, -0.25) is 4.79 Å². The van der Waals surface area contributed by atoms with E-state index in [9.17, 15) is 4.79 Å². The van der Waals surface area contributed by atoms with Crippen molar-refractivity contribution < 1.29 is 4.79 Å². The van der Waals surface area contributed by atoms with E-state index >= 15 is 0 Å². The largest absolute Gasteiger partial charge is 0.273 e. The highest BCUT2D eigenvalue weighted by molar-refractivity contribution is 5.82. The first-order valence-electron chi connectivity index (χ1n) is 8.70. The third-order valence-corrected chi connectivity index (χ3v) is 3.71. The molecule has 0 aromatic heterocycles. The lowest BCUT2D eigenvalue weighted by molar-refractivity contribution is -0.121. The molecule has 0 spiro atoms. The van der Waals surface area contributed by atoms with Crippen LogP contribution in [0, 0.1) is 0 Å². The van der Waals surface area contributed by atoms with E-state index in [1.807, 2.05) is 30.3 Å². The zero-order valence-corrected chi connectivity index (χ0v) is 13.9. The fraction of sp³-hybridized carbons (Fsp3) is 0.579. The van der Waals surface area contributed by atoms with Crippen LogP contribution in [0.15, 0.2) is 35.4 Å². The lowest BCUT2D eigenvalue weighted by Crippen LogP contribution is -2.16. The van der Waals surface area contributed by atoms with Gasteiger partial charge in [-0.1, -0.05) is 88.6 Å². The van der Waals surface area contributed by atoms with Crippen molar-refractivity contribution in [1.82, 2.24) is 5.43 Å². The summed E-state index contributed by atoms with van der Waals surface area (Å²) in [6.07, 6.45) is 13.6. The molecule has 0 fully saturated rings. The molecule has 0 heterocycles. The van der Waals surface area contributed by atoms with Crippen LogP contribution in [0.3, 0.4) is 0 Å². The standard InChI is InChI=1S/C19H30N2O/c1-2-3-4-5-6-7-8-9-13-16-19(22)21-20-17-18-14-11-10-12-15-18/h10-12,14-15,17H,2-9,13,16H2,1H3,(H,21,22). The fourth-order valence-corrected chi connectivity index (χ4v) is 2.37. The Hall–Kier alpha value is -1.64. The van der Waals surface area contributed by atoms with Crippen molar-refractivity contribution in [3.63, 3.8) is 0 Å². The monoisotopic (exact) mass is 302 g/mol. The molecule has 22 heavy (non-hydrogen) atoms. The van der Waals surface area contributed by atoms with Gasteiger partial charge in [-0.15, -0.1) is 0 Å². The summed E-state index contributed by atoms with van der Waals surface area (Å²) < 4.78 is 0. The van der Waals surface area contributed by atoms with Crippen molar-refractivity contribution in [3.8, 4) is 0 Å². The molecule has 1 amide bonds. The van der Waals surface area contributed by atoms with E-state index in [2.05, 4.69) is 17.5 Å². The maximum atomic E-state index is 11.6. The molecule has 3 heteroatoms. The zero-order chi connectivity index (χ0) is 15.9. The molecule has 0 radical (unpaired) electrons. The van der Waals surface area contributed by atoms with Gasteiger partial charge in [0.1, 0.15) is 0 Å². The van der Waals surface area contributed by atoms with Gasteiger partial charge in [-0.05, 0) is 12.0 Å². The summed E-state index contributed by atoms with van der Waals surface area (Å²) in [5.74, 6) is 0.00938. The van der Waals surface area contributed by atoms with Crippen molar-refractivity contribution in [2.75, 3.05) is 0 Å². The molecule has 0 saturated carbocycles. The number of carbonyl (C=O) groups is 1. The molecule has 0 aliphatic carbocycles. The normalized spacial score (nSPS) is 11.0. The Morgan fingerprint density at radius 1 is 0.955 bits per heavy atom. The van der Waals surface area contributed by atoms with Gasteiger partial charge in [0.25, 0.3) is 0 Å². The van der Waals surface area contributed by atoms with Gasteiger partial charge in [0, 0.05) is 6.42 Å². The van der Waals surface area contributed by atoms with Crippen LogP contribution in [0.5, 0.6) is 0 Å². The SMILES string of the molecule is CCCCCCCCCCCC(=O)NN=Cc1ccccc1. The molecule has 122 valence electrons. The minimum absolute atomic E-state index is 0.00938. The second kappa shape index (κ2) is 13.1. The molecule has 1 aromatic carbocycles. The molecule has 3 nitrogen and oxygen atoms in total. The predicted octanol–water partition coefficient (Wildman–Crippen LogP) is 5.06. The third kappa shape index (κ3) is 10.1. The summed E-state index contributed by atoms with van der Waals surface area (Å²) in [4.78, 5) is 11.6. The average molecular weight is 302 g/mol. The van der Waals surface area contributed by atoms with Crippen LogP contribution >= 0.6 is 0 Å². The average Bonchev–Trinajstić information content (AvgIpc) is 2.54. The zero-order valence-electron chi connectivity index (χ0n) is 13.9. The van der Waals surface area contributed by atoms with Gasteiger partial charge in [-0.25, -0.2) is 5.43 Å². The highest BCUT2D eigenvalue weighted by atomic mass is 16.2. The van der Waals surface area contributed by atoms with E-state index in [1.165, 1.54) is 44.9 Å². The number of amides is 1. The number of unbranched alkanes of at least 4 members (excludes halogenated alkanes) is 8. The Kier molecular flexibility index (Phi) is 10.9. The number of hydrogen-bond acceptors (Lipinski definition) is 2. The lowest BCUT2D eigenvalue weighted by Gasteiger charge is -2.02. The maximum Gasteiger partial charge on any atom is 0.240 e. The minimum Gasteiger partial charge on any atom is -0.273 e. The highest BCUT2D eigenvalue weighted by Crippen LogP contribution is 2.10. The summed E-state index contributed by atoms with van der Waals surface area (Å²) in [6.45, 7) is 2.24. The molecule has 0 aliphatic rings. The maximum absolute atomic E-state index is 11.6. The van der Waals surface area contributed by atoms with Crippen LogP contribution < -0.4 is 5.43 Å². The van der Waals surface area contributed by atoms with Crippen molar-refractivity contribution in [1.29, 1.82) is 0 Å². The van der Waals surface area contributed by atoms with Crippen LogP contribution in [0.1, 0.15) is 76.7 Å². The van der Waals surface area contributed by atoms with E-state index in [0.717, 1.165) is 18.4 Å². The Labute approximate surface area is 135 Å². The Balaban J connectivity index is 1.94. The van der Waals surface area contributed by atoms with Crippen molar-refractivity contribution in [2.24, 2.45) is 5.10 Å². The summed E-state index contributed by atoms with van der Waals surface area (Å²) in [7, 11) is 0. The second-order valence-corrected chi connectivity index (χ2v) is 5.78. The van der Waals surface area contributed by atoms with E-state index in [0.29, 0.717) is 6.42 Å². The van der Waals surface area contributed by atoms with Crippen molar-refractivity contribution >= 4 is 12.1 Å². The van der Waals surface area contributed by atoms with E-state index in [-0.39, 0.29) is 5.91 Å². The summed E-state index contributed by atoms with van der Waals surface area (Å²) in [5, 5.41) is 3.97. The van der Waals surface area contributed by atoms with E-state index in [4.69, 9.17) is 0 Å². The fourth-order valence-electron chi connectivity index (χ4n) is 2.37. The van der Waals surface area contributed by atoms with E-state index < -0.39 is 0 Å². The Bertz CT molecular complexity index is 415. The predicted molar refractivity (Wildman–Crippen MR) is 94.0 cm³/mol. The minimum atomic E-state index is 0.00938. The van der Waals surface area contributed by atoms with Gasteiger partial charge >= 0.3 is 0 Å². The lowest BCUT2D eigenvalue weighted by atomic mass is 10.1. The number of hydrazone groups is 1. The highest BCUT2D eigenvalue weighted by Gasteiger charge is 1.99. The van der Waals surface area contributed by atoms with E-state index in [1.54, 1.807) is 6.21 Å². The second-order valence-electron chi connectivity index (χ2n) is 5.78. The van der Waals surface area contributed by atoms with Crippen LogP contribution in [0.25, 0.3) is 0 Å². The van der Waals surface area contributed by atoms with Crippen LogP contribution in [0.2, 0.25) is 0 Å². The number of nitrogens with zero attached hydrogens (tertiary/aromatic N) is 1. The molecule has 0 saturated heterocycles. The molecule has 0 bridgehead atoms. The quantitative estimate of drug-likeness (QED) is 0.327.